The van der Waals surface area contributed by atoms with Gasteiger partial charge in [0.25, 0.3) is 0 Å². The van der Waals surface area contributed by atoms with Crippen LogP contribution in [0.5, 0.6) is 17.4 Å². The second-order valence-electron chi connectivity index (χ2n) is 4.75. The summed E-state index contributed by atoms with van der Waals surface area (Å²) in [6, 6.07) is 9.27. The van der Waals surface area contributed by atoms with E-state index in [0.29, 0.717) is 17.5 Å². The SMILES string of the molecule is CNc1cc(Oc2cccc(OC)c2)nc(C2CC2)n1. The zero-order chi connectivity index (χ0) is 13.9. The minimum Gasteiger partial charge on any atom is -0.497 e. The molecule has 2 aromatic rings. The summed E-state index contributed by atoms with van der Waals surface area (Å²) in [4.78, 5) is 8.94. The van der Waals surface area contributed by atoms with Crippen molar-refractivity contribution in [3.05, 3.63) is 36.2 Å². The standard InChI is InChI=1S/C15H17N3O2/c1-16-13-9-14(18-15(17-13)10-6-7-10)20-12-5-3-4-11(8-12)19-2/h3-5,8-10H,6-7H2,1-2H3,(H,16,17,18). The Kier molecular flexibility index (Phi) is 3.41. The highest BCUT2D eigenvalue weighted by atomic mass is 16.5. The largest absolute Gasteiger partial charge is 0.497 e. The summed E-state index contributed by atoms with van der Waals surface area (Å²) >= 11 is 0. The molecule has 0 saturated heterocycles. The van der Waals surface area contributed by atoms with Gasteiger partial charge in [0.05, 0.1) is 7.11 Å². The molecule has 0 aliphatic heterocycles. The Morgan fingerprint density at radius 3 is 2.65 bits per heavy atom. The first-order valence-electron chi connectivity index (χ1n) is 6.67. The van der Waals surface area contributed by atoms with Gasteiger partial charge in [-0.25, -0.2) is 4.98 Å². The first kappa shape index (κ1) is 12.7. The van der Waals surface area contributed by atoms with Crippen molar-refractivity contribution < 1.29 is 9.47 Å². The van der Waals surface area contributed by atoms with Crippen molar-refractivity contribution in [2.45, 2.75) is 18.8 Å². The highest BCUT2D eigenvalue weighted by Gasteiger charge is 2.27. The van der Waals surface area contributed by atoms with Crippen molar-refractivity contribution in [1.82, 2.24) is 9.97 Å². The Labute approximate surface area is 118 Å². The minimum atomic E-state index is 0.482. The van der Waals surface area contributed by atoms with Gasteiger partial charge in [0, 0.05) is 25.1 Å². The highest BCUT2D eigenvalue weighted by Crippen LogP contribution is 2.39. The van der Waals surface area contributed by atoms with Gasteiger partial charge in [-0.1, -0.05) is 6.07 Å². The summed E-state index contributed by atoms with van der Waals surface area (Å²) in [6.45, 7) is 0. The molecule has 0 spiro atoms. The van der Waals surface area contributed by atoms with Crippen LogP contribution in [0.3, 0.4) is 0 Å². The number of ether oxygens (including phenoxy) is 2. The Balaban J connectivity index is 1.86. The summed E-state index contributed by atoms with van der Waals surface area (Å²) in [5.41, 5.74) is 0. The van der Waals surface area contributed by atoms with E-state index in [1.165, 1.54) is 0 Å². The van der Waals surface area contributed by atoms with E-state index in [2.05, 4.69) is 15.3 Å². The first-order chi connectivity index (χ1) is 9.78. The van der Waals surface area contributed by atoms with Gasteiger partial charge in [-0.3, -0.25) is 0 Å². The lowest BCUT2D eigenvalue weighted by atomic mass is 10.3. The lowest BCUT2D eigenvalue weighted by molar-refractivity contribution is 0.407. The average Bonchev–Trinajstić information content (AvgIpc) is 3.31. The van der Waals surface area contributed by atoms with Gasteiger partial charge >= 0.3 is 0 Å². The van der Waals surface area contributed by atoms with Gasteiger partial charge in [-0.2, -0.15) is 4.98 Å². The molecule has 20 heavy (non-hydrogen) atoms. The van der Waals surface area contributed by atoms with Crippen LogP contribution in [0.15, 0.2) is 30.3 Å². The van der Waals surface area contributed by atoms with Gasteiger partial charge in [-0.05, 0) is 25.0 Å². The molecule has 1 heterocycles. The number of anilines is 1. The van der Waals surface area contributed by atoms with Gasteiger partial charge in [0.2, 0.25) is 5.88 Å². The fourth-order valence-electron chi connectivity index (χ4n) is 1.93. The maximum Gasteiger partial charge on any atom is 0.224 e. The molecule has 0 unspecified atom stereocenters. The molecule has 1 aromatic carbocycles. The van der Waals surface area contributed by atoms with E-state index in [-0.39, 0.29) is 0 Å². The minimum absolute atomic E-state index is 0.482. The van der Waals surface area contributed by atoms with Crippen LogP contribution in [0.1, 0.15) is 24.6 Å². The summed E-state index contributed by atoms with van der Waals surface area (Å²) in [5, 5.41) is 3.04. The highest BCUT2D eigenvalue weighted by molar-refractivity contribution is 5.41. The van der Waals surface area contributed by atoms with Crippen LogP contribution in [-0.2, 0) is 0 Å². The van der Waals surface area contributed by atoms with Crippen molar-refractivity contribution >= 4 is 5.82 Å². The quantitative estimate of drug-likeness (QED) is 0.905. The van der Waals surface area contributed by atoms with Gasteiger partial charge in [0.1, 0.15) is 23.1 Å². The molecule has 1 N–H and O–H groups in total. The molecule has 0 amide bonds. The monoisotopic (exact) mass is 271 g/mol. The number of aromatic nitrogens is 2. The third-order valence-corrected chi connectivity index (χ3v) is 3.18. The van der Waals surface area contributed by atoms with E-state index in [0.717, 1.165) is 30.2 Å². The van der Waals surface area contributed by atoms with Crippen molar-refractivity contribution in [3.8, 4) is 17.4 Å². The molecule has 5 heteroatoms. The summed E-state index contributed by atoms with van der Waals surface area (Å²) in [6.07, 6.45) is 2.32. The fraction of sp³-hybridized carbons (Fsp3) is 0.333. The topological polar surface area (TPSA) is 56.3 Å². The van der Waals surface area contributed by atoms with E-state index in [1.807, 2.05) is 31.3 Å². The zero-order valence-electron chi connectivity index (χ0n) is 11.6. The van der Waals surface area contributed by atoms with Crippen LogP contribution in [0.25, 0.3) is 0 Å². The Hall–Kier alpha value is -2.30. The first-order valence-corrected chi connectivity index (χ1v) is 6.67. The van der Waals surface area contributed by atoms with Crippen LogP contribution in [0, 0.1) is 0 Å². The smallest absolute Gasteiger partial charge is 0.224 e. The van der Waals surface area contributed by atoms with E-state index in [9.17, 15) is 0 Å². The van der Waals surface area contributed by atoms with Crippen molar-refractivity contribution in [1.29, 1.82) is 0 Å². The Morgan fingerprint density at radius 1 is 1.15 bits per heavy atom. The van der Waals surface area contributed by atoms with E-state index in [4.69, 9.17) is 9.47 Å². The number of methoxy groups -OCH3 is 1. The van der Waals surface area contributed by atoms with Gasteiger partial charge in [0.15, 0.2) is 0 Å². The van der Waals surface area contributed by atoms with E-state index < -0.39 is 0 Å². The van der Waals surface area contributed by atoms with Crippen LogP contribution in [-0.4, -0.2) is 24.1 Å². The molecule has 104 valence electrons. The lowest BCUT2D eigenvalue weighted by Crippen LogP contribution is -2.01. The van der Waals surface area contributed by atoms with Gasteiger partial charge < -0.3 is 14.8 Å². The number of hydrogen-bond acceptors (Lipinski definition) is 5. The van der Waals surface area contributed by atoms with E-state index in [1.54, 1.807) is 13.2 Å². The lowest BCUT2D eigenvalue weighted by Gasteiger charge is -2.09. The maximum absolute atomic E-state index is 5.81. The van der Waals surface area contributed by atoms with Crippen LogP contribution in [0.2, 0.25) is 0 Å². The molecule has 1 fully saturated rings. The third-order valence-electron chi connectivity index (χ3n) is 3.18. The third kappa shape index (κ3) is 2.82. The summed E-state index contributed by atoms with van der Waals surface area (Å²) in [5.74, 6) is 4.13. The fourth-order valence-corrected chi connectivity index (χ4v) is 1.93. The van der Waals surface area contributed by atoms with Crippen LogP contribution < -0.4 is 14.8 Å². The molecular formula is C15H17N3O2. The summed E-state index contributed by atoms with van der Waals surface area (Å²) in [7, 11) is 3.47. The predicted octanol–water partition coefficient (Wildman–Crippen LogP) is 3.20. The maximum atomic E-state index is 5.81. The second-order valence-corrected chi connectivity index (χ2v) is 4.75. The molecule has 1 aromatic heterocycles. The number of rotatable bonds is 5. The van der Waals surface area contributed by atoms with Crippen molar-refractivity contribution in [3.63, 3.8) is 0 Å². The van der Waals surface area contributed by atoms with Crippen molar-refractivity contribution in [2.75, 3.05) is 19.5 Å². The molecule has 1 saturated carbocycles. The number of benzene rings is 1. The number of hydrogen-bond donors (Lipinski definition) is 1. The molecule has 0 atom stereocenters. The number of nitrogens with one attached hydrogen (secondary N) is 1. The predicted molar refractivity (Wildman–Crippen MR) is 76.6 cm³/mol. The number of nitrogens with zero attached hydrogens (tertiary/aromatic N) is 2. The van der Waals surface area contributed by atoms with Crippen molar-refractivity contribution in [2.24, 2.45) is 0 Å². The molecule has 0 radical (unpaired) electrons. The Morgan fingerprint density at radius 2 is 1.95 bits per heavy atom. The van der Waals surface area contributed by atoms with Crippen LogP contribution in [0.4, 0.5) is 5.82 Å². The van der Waals surface area contributed by atoms with E-state index >= 15 is 0 Å². The van der Waals surface area contributed by atoms with Gasteiger partial charge in [-0.15, -0.1) is 0 Å². The summed E-state index contributed by atoms with van der Waals surface area (Å²) < 4.78 is 11.0. The molecular weight excluding hydrogens is 254 g/mol. The molecule has 1 aliphatic rings. The second kappa shape index (κ2) is 5.36. The van der Waals surface area contributed by atoms with Crippen LogP contribution >= 0.6 is 0 Å². The molecule has 1 aliphatic carbocycles. The Bertz CT molecular complexity index is 612. The molecule has 5 nitrogen and oxygen atoms in total. The molecule has 3 rings (SSSR count). The normalized spacial score (nSPS) is 13.9. The average molecular weight is 271 g/mol. The molecule has 0 bridgehead atoms. The zero-order valence-corrected chi connectivity index (χ0v) is 11.6.